The lowest BCUT2D eigenvalue weighted by molar-refractivity contribution is -0.142. The lowest BCUT2D eigenvalue weighted by atomic mass is 9.84. The summed E-state index contributed by atoms with van der Waals surface area (Å²) in [7, 11) is 0. The highest BCUT2D eigenvalue weighted by molar-refractivity contribution is 5.74. The molecule has 3 nitrogen and oxygen atoms in total. The number of hydrogen-bond acceptors (Lipinski definition) is 2. The van der Waals surface area contributed by atoms with E-state index < -0.39 is 5.97 Å². The number of hydrogen-bond donors (Lipinski definition) is 1. The minimum atomic E-state index is -0.605. The van der Waals surface area contributed by atoms with Gasteiger partial charge in [-0.05, 0) is 49.0 Å². The molecule has 5 atom stereocenters. The third-order valence-corrected chi connectivity index (χ3v) is 6.10. The second-order valence-corrected chi connectivity index (χ2v) is 7.41. The van der Waals surface area contributed by atoms with E-state index in [9.17, 15) is 9.90 Å². The number of carboxylic acids is 1. The van der Waals surface area contributed by atoms with E-state index in [4.69, 9.17) is 0 Å². The maximum absolute atomic E-state index is 11.7. The molecular formula is C19H25NO2. The summed E-state index contributed by atoms with van der Waals surface area (Å²) in [6, 6.07) is 11.0. The van der Waals surface area contributed by atoms with Gasteiger partial charge in [0.05, 0.1) is 0 Å². The van der Waals surface area contributed by atoms with Crippen LogP contribution in [-0.4, -0.2) is 34.6 Å². The fourth-order valence-electron chi connectivity index (χ4n) is 4.89. The van der Waals surface area contributed by atoms with Crippen LogP contribution in [0.3, 0.4) is 0 Å². The molecule has 22 heavy (non-hydrogen) atoms. The van der Waals surface area contributed by atoms with Gasteiger partial charge in [0.2, 0.25) is 0 Å². The molecule has 1 aromatic rings. The van der Waals surface area contributed by atoms with Gasteiger partial charge >= 0.3 is 5.97 Å². The smallest absolute Gasteiger partial charge is 0.320 e. The van der Waals surface area contributed by atoms with Crippen LogP contribution in [0.4, 0.5) is 0 Å². The fourth-order valence-corrected chi connectivity index (χ4v) is 4.89. The maximum Gasteiger partial charge on any atom is 0.320 e. The molecule has 2 aliphatic carbocycles. The van der Waals surface area contributed by atoms with Gasteiger partial charge in [0.25, 0.3) is 0 Å². The molecule has 3 aliphatic rings. The molecular weight excluding hydrogens is 274 g/mol. The lowest BCUT2D eigenvalue weighted by Gasteiger charge is -2.33. The minimum Gasteiger partial charge on any atom is -0.480 e. The van der Waals surface area contributed by atoms with Gasteiger partial charge in [0.15, 0.2) is 0 Å². The SMILES string of the molecule is O=C(O)C1CC2CCCCC2N1CC1CC1c1ccccc1. The summed E-state index contributed by atoms with van der Waals surface area (Å²) in [5, 5.41) is 9.61. The first kappa shape index (κ1) is 14.3. The summed E-state index contributed by atoms with van der Waals surface area (Å²) in [4.78, 5) is 14.0. The third-order valence-electron chi connectivity index (χ3n) is 6.10. The normalized spacial score (nSPS) is 37.7. The highest BCUT2D eigenvalue weighted by Crippen LogP contribution is 2.50. The van der Waals surface area contributed by atoms with Crippen LogP contribution in [0.1, 0.15) is 50.0 Å². The van der Waals surface area contributed by atoms with Gasteiger partial charge < -0.3 is 5.11 Å². The Morgan fingerprint density at radius 3 is 2.68 bits per heavy atom. The highest BCUT2D eigenvalue weighted by Gasteiger charge is 2.49. The Balaban J connectivity index is 1.45. The van der Waals surface area contributed by atoms with Gasteiger partial charge in [-0.1, -0.05) is 43.2 Å². The van der Waals surface area contributed by atoms with Crippen molar-refractivity contribution in [1.82, 2.24) is 4.90 Å². The van der Waals surface area contributed by atoms with Crippen LogP contribution in [0.15, 0.2) is 30.3 Å². The van der Waals surface area contributed by atoms with Crippen molar-refractivity contribution in [2.24, 2.45) is 11.8 Å². The van der Waals surface area contributed by atoms with Gasteiger partial charge in [-0.15, -0.1) is 0 Å². The number of benzene rings is 1. The number of carboxylic acid groups (broad SMARTS) is 1. The van der Waals surface area contributed by atoms with Crippen LogP contribution in [0.5, 0.6) is 0 Å². The van der Waals surface area contributed by atoms with E-state index in [1.165, 1.54) is 37.7 Å². The predicted octanol–water partition coefficient (Wildman–Crippen LogP) is 3.51. The first-order chi connectivity index (χ1) is 10.7. The van der Waals surface area contributed by atoms with Crippen molar-refractivity contribution in [3.05, 3.63) is 35.9 Å². The highest BCUT2D eigenvalue weighted by atomic mass is 16.4. The lowest BCUT2D eigenvalue weighted by Crippen LogP contribution is -2.43. The van der Waals surface area contributed by atoms with Crippen molar-refractivity contribution < 1.29 is 9.90 Å². The van der Waals surface area contributed by atoms with Crippen LogP contribution < -0.4 is 0 Å². The fraction of sp³-hybridized carbons (Fsp3) is 0.632. The number of fused-ring (bicyclic) bond motifs is 1. The van der Waals surface area contributed by atoms with Crippen molar-refractivity contribution >= 4 is 5.97 Å². The summed E-state index contributed by atoms with van der Waals surface area (Å²) >= 11 is 0. The van der Waals surface area contributed by atoms with Crippen LogP contribution in [0.2, 0.25) is 0 Å². The quantitative estimate of drug-likeness (QED) is 0.925. The molecule has 2 saturated carbocycles. The molecule has 0 aromatic heterocycles. The van der Waals surface area contributed by atoms with Crippen molar-refractivity contribution in [3.63, 3.8) is 0 Å². The van der Waals surface area contributed by atoms with Crippen LogP contribution in [0.25, 0.3) is 0 Å². The van der Waals surface area contributed by atoms with Gasteiger partial charge in [0.1, 0.15) is 6.04 Å². The number of likely N-dealkylation sites (tertiary alicyclic amines) is 1. The van der Waals surface area contributed by atoms with Crippen LogP contribution >= 0.6 is 0 Å². The summed E-state index contributed by atoms with van der Waals surface area (Å²) in [6.45, 7) is 0.984. The predicted molar refractivity (Wildman–Crippen MR) is 85.8 cm³/mol. The average Bonchev–Trinajstić information content (AvgIpc) is 3.21. The number of rotatable bonds is 4. The Bertz CT molecular complexity index is 544. The Labute approximate surface area is 132 Å². The standard InChI is InChI=1S/C19H25NO2/c21-19(22)18-11-14-8-4-5-9-17(14)20(18)12-15-10-16(15)13-6-2-1-3-7-13/h1-3,6-7,14-18H,4-5,8-12H2,(H,21,22). The van der Waals surface area contributed by atoms with Gasteiger partial charge in [0, 0.05) is 12.6 Å². The van der Waals surface area contributed by atoms with Crippen LogP contribution in [0, 0.1) is 11.8 Å². The summed E-state index contributed by atoms with van der Waals surface area (Å²) < 4.78 is 0. The average molecular weight is 299 g/mol. The van der Waals surface area contributed by atoms with Crippen LogP contribution in [-0.2, 0) is 4.79 Å². The molecule has 3 heteroatoms. The Hall–Kier alpha value is -1.35. The first-order valence-electron chi connectivity index (χ1n) is 8.77. The Morgan fingerprint density at radius 2 is 1.91 bits per heavy atom. The Kier molecular flexibility index (Phi) is 3.69. The molecule has 1 aliphatic heterocycles. The van der Waals surface area contributed by atoms with Gasteiger partial charge in [-0.2, -0.15) is 0 Å². The van der Waals surface area contributed by atoms with E-state index in [-0.39, 0.29) is 6.04 Å². The monoisotopic (exact) mass is 299 g/mol. The van der Waals surface area contributed by atoms with Crippen molar-refractivity contribution in [2.45, 2.75) is 56.5 Å². The second-order valence-electron chi connectivity index (χ2n) is 7.41. The molecule has 1 aromatic carbocycles. The number of aliphatic carboxylic acids is 1. The van der Waals surface area contributed by atoms with Crippen molar-refractivity contribution in [3.8, 4) is 0 Å². The van der Waals surface area contributed by atoms with E-state index in [0.29, 0.717) is 23.8 Å². The molecule has 0 spiro atoms. The number of nitrogens with zero attached hydrogens (tertiary/aromatic N) is 1. The third kappa shape index (κ3) is 2.56. The zero-order chi connectivity index (χ0) is 15.1. The summed E-state index contributed by atoms with van der Waals surface area (Å²) in [5.41, 5.74) is 1.43. The second kappa shape index (κ2) is 5.69. The van der Waals surface area contributed by atoms with E-state index in [2.05, 4.69) is 35.2 Å². The molecule has 118 valence electrons. The molecule has 0 amide bonds. The van der Waals surface area contributed by atoms with Crippen molar-refractivity contribution in [2.75, 3.05) is 6.54 Å². The van der Waals surface area contributed by atoms with E-state index in [1.54, 1.807) is 0 Å². The molecule has 4 rings (SSSR count). The molecule has 0 radical (unpaired) electrons. The molecule has 0 bridgehead atoms. The summed E-state index contributed by atoms with van der Waals surface area (Å²) in [5.74, 6) is 1.33. The molecule has 1 saturated heterocycles. The minimum absolute atomic E-state index is 0.231. The molecule has 1 N–H and O–H groups in total. The zero-order valence-corrected chi connectivity index (χ0v) is 13.0. The largest absolute Gasteiger partial charge is 0.480 e. The summed E-state index contributed by atoms with van der Waals surface area (Å²) in [6.07, 6.45) is 7.11. The maximum atomic E-state index is 11.7. The van der Waals surface area contributed by atoms with E-state index in [0.717, 1.165) is 13.0 Å². The molecule has 1 heterocycles. The molecule has 5 unspecified atom stereocenters. The topological polar surface area (TPSA) is 40.5 Å². The van der Waals surface area contributed by atoms with Gasteiger partial charge in [-0.3, -0.25) is 9.69 Å². The number of carbonyl (C=O) groups is 1. The van der Waals surface area contributed by atoms with Gasteiger partial charge in [-0.25, -0.2) is 0 Å². The van der Waals surface area contributed by atoms with E-state index in [1.807, 2.05) is 0 Å². The molecule has 3 fully saturated rings. The van der Waals surface area contributed by atoms with Crippen molar-refractivity contribution in [1.29, 1.82) is 0 Å². The zero-order valence-electron chi connectivity index (χ0n) is 13.0. The Morgan fingerprint density at radius 1 is 1.14 bits per heavy atom. The first-order valence-corrected chi connectivity index (χ1v) is 8.77. The van der Waals surface area contributed by atoms with E-state index >= 15 is 0 Å².